The molecule has 0 fully saturated rings. The third kappa shape index (κ3) is 4.70. The molecule has 1 amide bonds. The Morgan fingerprint density at radius 3 is 2.42 bits per heavy atom. The number of amides is 1. The number of hydrogen-bond acceptors (Lipinski definition) is 6. The number of nitrogens with zero attached hydrogens (tertiary/aromatic N) is 3. The zero-order valence-corrected chi connectivity index (χ0v) is 18.8. The van der Waals surface area contributed by atoms with Gasteiger partial charge in [-0.25, -0.2) is 4.68 Å². The first kappa shape index (κ1) is 21.1. The number of carbonyl (C=O) groups is 1. The average Bonchev–Trinajstić information content (AvgIpc) is 3.25. The summed E-state index contributed by atoms with van der Waals surface area (Å²) in [6.45, 7) is 2.30. The Kier molecular flexibility index (Phi) is 5.99. The van der Waals surface area contributed by atoms with Gasteiger partial charge in [0.25, 0.3) is 0 Å². The number of anilines is 1. The Balaban J connectivity index is 1.42. The predicted octanol–water partition coefficient (Wildman–Crippen LogP) is 4.56. The zero-order valence-electron chi connectivity index (χ0n) is 18.0. The Morgan fingerprint density at radius 2 is 1.70 bits per heavy atom. The maximum absolute atomic E-state index is 13.3. The molecule has 2 heterocycles. The van der Waals surface area contributed by atoms with Gasteiger partial charge < -0.3 is 15.5 Å². The minimum absolute atomic E-state index is 0.0967. The van der Waals surface area contributed by atoms with Crippen molar-refractivity contribution >= 4 is 23.4 Å². The number of aryl methyl sites for hydroxylation is 1. The van der Waals surface area contributed by atoms with Crippen LogP contribution in [0.25, 0.3) is 0 Å². The predicted molar refractivity (Wildman–Crippen MR) is 129 cm³/mol. The molecular weight excluding hydrogens is 434 g/mol. The fraction of sp³-hybridized carbons (Fsp3) is 0.160. The average molecular weight is 458 g/mol. The van der Waals surface area contributed by atoms with Crippen molar-refractivity contribution in [1.82, 2.24) is 14.9 Å². The van der Waals surface area contributed by atoms with Gasteiger partial charge in [0.15, 0.2) is 5.82 Å². The van der Waals surface area contributed by atoms with Crippen molar-refractivity contribution in [2.24, 2.45) is 0 Å². The van der Waals surface area contributed by atoms with Crippen molar-refractivity contribution in [3.05, 3.63) is 102 Å². The van der Waals surface area contributed by atoms with Crippen LogP contribution in [0.4, 0.5) is 5.69 Å². The van der Waals surface area contributed by atoms with E-state index in [2.05, 4.69) is 33.1 Å². The van der Waals surface area contributed by atoms with Gasteiger partial charge in [0.1, 0.15) is 17.6 Å². The van der Waals surface area contributed by atoms with Gasteiger partial charge in [-0.15, -0.1) is 10.2 Å². The molecule has 2 atom stereocenters. The molecule has 0 aliphatic carbocycles. The van der Waals surface area contributed by atoms with Crippen LogP contribution in [-0.4, -0.2) is 26.0 Å². The molecule has 1 aliphatic heterocycles. The van der Waals surface area contributed by atoms with Crippen molar-refractivity contribution in [2.75, 3.05) is 10.7 Å². The number of thioether (sulfide) groups is 1. The third-order valence-electron chi connectivity index (χ3n) is 5.35. The largest absolute Gasteiger partial charge is 0.486 e. The number of rotatable bonds is 6. The van der Waals surface area contributed by atoms with Gasteiger partial charge in [-0.05, 0) is 36.8 Å². The summed E-state index contributed by atoms with van der Waals surface area (Å²) >= 11 is 1.39. The molecule has 166 valence electrons. The highest BCUT2D eigenvalue weighted by atomic mass is 32.2. The number of nitrogens with one attached hydrogen (secondary N) is 2. The fourth-order valence-electron chi connectivity index (χ4n) is 3.62. The second-order valence-corrected chi connectivity index (χ2v) is 8.86. The molecule has 2 unspecified atom stereocenters. The molecule has 1 aliphatic rings. The maximum atomic E-state index is 13.3. The molecule has 5 rings (SSSR count). The number of carbonyl (C=O) groups excluding carboxylic acids is 1. The van der Waals surface area contributed by atoms with E-state index in [1.54, 1.807) is 0 Å². The summed E-state index contributed by atoms with van der Waals surface area (Å²) < 4.78 is 7.70. The van der Waals surface area contributed by atoms with E-state index in [4.69, 9.17) is 4.74 Å². The number of para-hydroxylation sites is 2. The summed E-state index contributed by atoms with van der Waals surface area (Å²) in [4.78, 5) is 13.3. The second-order valence-electron chi connectivity index (χ2n) is 7.75. The van der Waals surface area contributed by atoms with E-state index in [0.29, 0.717) is 11.0 Å². The van der Waals surface area contributed by atoms with Crippen molar-refractivity contribution in [3.63, 3.8) is 0 Å². The van der Waals surface area contributed by atoms with Gasteiger partial charge >= 0.3 is 0 Å². The number of benzene rings is 3. The van der Waals surface area contributed by atoms with E-state index in [9.17, 15) is 4.79 Å². The molecule has 8 heteroatoms. The van der Waals surface area contributed by atoms with Crippen LogP contribution >= 0.6 is 11.8 Å². The lowest BCUT2D eigenvalue weighted by atomic mass is 10.0. The molecule has 0 spiro atoms. The van der Waals surface area contributed by atoms with Crippen LogP contribution in [0.2, 0.25) is 0 Å². The van der Waals surface area contributed by atoms with E-state index in [-0.39, 0.29) is 18.6 Å². The van der Waals surface area contributed by atoms with E-state index in [1.807, 2.05) is 84.4 Å². The van der Waals surface area contributed by atoms with Crippen LogP contribution < -0.4 is 15.5 Å². The highest BCUT2D eigenvalue weighted by Gasteiger charge is 2.38. The summed E-state index contributed by atoms with van der Waals surface area (Å²) in [5.41, 5.74) is 6.39. The highest BCUT2D eigenvalue weighted by Crippen LogP contribution is 2.37. The molecule has 1 aromatic heterocycles. The van der Waals surface area contributed by atoms with Crippen molar-refractivity contribution in [1.29, 1.82) is 0 Å². The van der Waals surface area contributed by atoms with Crippen molar-refractivity contribution < 1.29 is 9.53 Å². The molecule has 33 heavy (non-hydrogen) atoms. The summed E-state index contributed by atoms with van der Waals surface area (Å²) in [7, 11) is 0. The molecule has 4 aromatic rings. The number of fused-ring (bicyclic) bond motifs is 1. The standard InChI is InChI=1S/C25H23N5O2S/c1-17-12-14-18(15-13-17)22-23(24(31)26-19-8-4-2-5-9-19)33-25-28-27-21(30(25)29-22)16-32-20-10-6-3-7-11-20/h2-15,22-23,29H,16H2,1H3,(H,26,31). The second kappa shape index (κ2) is 9.38. The fourth-order valence-corrected chi connectivity index (χ4v) is 4.71. The molecule has 0 saturated heterocycles. The topological polar surface area (TPSA) is 81.1 Å². The molecule has 7 nitrogen and oxygen atoms in total. The summed E-state index contributed by atoms with van der Waals surface area (Å²) in [6, 6.07) is 27.0. The SMILES string of the molecule is Cc1ccc(C2Nn3c(COc4ccccc4)nnc3SC2C(=O)Nc2ccccc2)cc1. The maximum Gasteiger partial charge on any atom is 0.240 e. The van der Waals surface area contributed by atoms with Crippen LogP contribution in [0, 0.1) is 6.92 Å². The van der Waals surface area contributed by atoms with Crippen molar-refractivity contribution in [3.8, 4) is 5.75 Å². The van der Waals surface area contributed by atoms with Gasteiger partial charge in [0, 0.05) is 5.69 Å². The lowest BCUT2D eigenvalue weighted by Crippen LogP contribution is -2.41. The van der Waals surface area contributed by atoms with Gasteiger partial charge in [-0.1, -0.05) is 78.0 Å². The number of aromatic nitrogens is 3. The highest BCUT2D eigenvalue weighted by molar-refractivity contribution is 8.00. The number of ether oxygens (including phenoxy) is 1. The van der Waals surface area contributed by atoms with E-state index in [0.717, 1.165) is 22.6 Å². The van der Waals surface area contributed by atoms with E-state index >= 15 is 0 Å². The minimum Gasteiger partial charge on any atom is -0.486 e. The first-order valence-electron chi connectivity index (χ1n) is 10.7. The smallest absolute Gasteiger partial charge is 0.240 e. The normalized spacial score (nSPS) is 17.0. The van der Waals surface area contributed by atoms with Gasteiger partial charge in [0.05, 0.1) is 6.04 Å². The minimum atomic E-state index is -0.437. The quantitative estimate of drug-likeness (QED) is 0.442. The van der Waals surface area contributed by atoms with Gasteiger partial charge in [0.2, 0.25) is 11.1 Å². The third-order valence-corrected chi connectivity index (χ3v) is 6.57. The van der Waals surface area contributed by atoms with Crippen LogP contribution in [0.1, 0.15) is 23.0 Å². The molecule has 3 aromatic carbocycles. The van der Waals surface area contributed by atoms with Gasteiger partial charge in [-0.3, -0.25) is 4.79 Å². The first-order chi connectivity index (χ1) is 16.2. The van der Waals surface area contributed by atoms with Crippen LogP contribution in [0.5, 0.6) is 5.75 Å². The molecule has 0 radical (unpaired) electrons. The lowest BCUT2D eigenvalue weighted by Gasteiger charge is -2.33. The lowest BCUT2D eigenvalue weighted by molar-refractivity contribution is -0.116. The number of hydrogen-bond donors (Lipinski definition) is 2. The van der Waals surface area contributed by atoms with Crippen LogP contribution in [0.15, 0.2) is 90.1 Å². The van der Waals surface area contributed by atoms with E-state index in [1.165, 1.54) is 11.8 Å². The molecule has 0 bridgehead atoms. The van der Waals surface area contributed by atoms with Crippen molar-refractivity contribution in [2.45, 2.75) is 30.0 Å². The Morgan fingerprint density at radius 1 is 1.00 bits per heavy atom. The Hall–Kier alpha value is -3.78. The van der Waals surface area contributed by atoms with Crippen LogP contribution in [0.3, 0.4) is 0 Å². The Labute approximate surface area is 196 Å². The zero-order chi connectivity index (χ0) is 22.6. The van der Waals surface area contributed by atoms with E-state index < -0.39 is 5.25 Å². The first-order valence-corrected chi connectivity index (χ1v) is 11.5. The summed E-state index contributed by atoms with van der Waals surface area (Å²) in [5.74, 6) is 1.30. The summed E-state index contributed by atoms with van der Waals surface area (Å²) in [5, 5.41) is 11.8. The van der Waals surface area contributed by atoms with Crippen LogP contribution in [-0.2, 0) is 11.4 Å². The Bertz CT molecular complexity index is 1230. The summed E-state index contributed by atoms with van der Waals surface area (Å²) in [6.07, 6.45) is 0. The monoisotopic (exact) mass is 457 g/mol. The molecule has 2 N–H and O–H groups in total. The molecule has 0 saturated carbocycles. The van der Waals surface area contributed by atoms with Gasteiger partial charge in [-0.2, -0.15) is 0 Å². The molecular formula is C25H23N5O2S.